The lowest BCUT2D eigenvalue weighted by Gasteiger charge is -2.10. The summed E-state index contributed by atoms with van der Waals surface area (Å²) in [5, 5.41) is 6.12. The Morgan fingerprint density at radius 3 is 3.12 bits per heavy atom. The van der Waals surface area contributed by atoms with Gasteiger partial charge in [0.15, 0.2) is 0 Å². The van der Waals surface area contributed by atoms with Crippen LogP contribution in [0.4, 0.5) is 0 Å². The molecule has 0 saturated carbocycles. The molecular weight excluding hydrogens is 244 g/mol. The van der Waals surface area contributed by atoms with E-state index < -0.39 is 0 Å². The Morgan fingerprint density at radius 2 is 2.50 bits per heavy atom. The van der Waals surface area contributed by atoms with Crippen molar-refractivity contribution in [3.8, 4) is 0 Å². The van der Waals surface area contributed by atoms with Gasteiger partial charge in [0.2, 0.25) is 5.91 Å². The summed E-state index contributed by atoms with van der Waals surface area (Å²) in [6.07, 6.45) is 2.91. The second-order valence-electron chi connectivity index (χ2n) is 3.90. The lowest BCUT2D eigenvalue weighted by atomic mass is 10.2. The molecule has 16 heavy (non-hydrogen) atoms. The van der Waals surface area contributed by atoms with Crippen molar-refractivity contribution >= 4 is 28.8 Å². The van der Waals surface area contributed by atoms with E-state index in [0.29, 0.717) is 6.54 Å². The maximum absolute atomic E-state index is 11.6. The van der Waals surface area contributed by atoms with Crippen LogP contribution in [0.1, 0.15) is 17.7 Å². The fourth-order valence-electron chi connectivity index (χ4n) is 1.83. The van der Waals surface area contributed by atoms with Crippen LogP contribution in [0.5, 0.6) is 0 Å². The van der Waals surface area contributed by atoms with Gasteiger partial charge >= 0.3 is 0 Å². The molecule has 1 amide bonds. The van der Waals surface area contributed by atoms with Crippen LogP contribution in [-0.4, -0.2) is 25.0 Å². The number of hydrogen-bond acceptors (Lipinski definition) is 3. The molecule has 2 heterocycles. The molecular formula is C11H15ClN2OS. The minimum atomic E-state index is 0.0203. The van der Waals surface area contributed by atoms with Gasteiger partial charge in [-0.2, -0.15) is 0 Å². The van der Waals surface area contributed by atoms with Crippen LogP contribution in [0.2, 0.25) is 4.34 Å². The monoisotopic (exact) mass is 258 g/mol. The smallest absolute Gasteiger partial charge is 0.237 e. The van der Waals surface area contributed by atoms with Crippen LogP contribution >= 0.6 is 22.9 Å². The lowest BCUT2D eigenvalue weighted by Crippen LogP contribution is -2.41. The number of amides is 1. The van der Waals surface area contributed by atoms with E-state index in [-0.39, 0.29) is 11.9 Å². The van der Waals surface area contributed by atoms with Gasteiger partial charge in [-0.05, 0) is 37.9 Å². The van der Waals surface area contributed by atoms with Crippen molar-refractivity contribution in [2.75, 3.05) is 13.1 Å². The number of hydrogen-bond donors (Lipinski definition) is 2. The Balaban J connectivity index is 1.69. The van der Waals surface area contributed by atoms with E-state index in [1.807, 2.05) is 12.1 Å². The minimum Gasteiger partial charge on any atom is -0.354 e. The molecule has 2 rings (SSSR count). The second kappa shape index (κ2) is 5.66. The van der Waals surface area contributed by atoms with Crippen LogP contribution in [0.3, 0.4) is 0 Å². The van der Waals surface area contributed by atoms with E-state index in [1.165, 1.54) is 4.88 Å². The predicted molar refractivity (Wildman–Crippen MR) is 67.1 cm³/mol. The molecule has 0 bridgehead atoms. The molecule has 88 valence electrons. The highest BCUT2D eigenvalue weighted by Crippen LogP contribution is 2.21. The molecule has 1 aromatic rings. The number of rotatable bonds is 4. The van der Waals surface area contributed by atoms with Gasteiger partial charge in [-0.15, -0.1) is 11.3 Å². The Hall–Kier alpha value is -0.580. The van der Waals surface area contributed by atoms with Crippen LogP contribution in [0.15, 0.2) is 12.1 Å². The Bertz CT molecular complexity index is 361. The van der Waals surface area contributed by atoms with E-state index in [0.717, 1.165) is 30.1 Å². The van der Waals surface area contributed by atoms with E-state index in [1.54, 1.807) is 11.3 Å². The highest BCUT2D eigenvalue weighted by atomic mass is 35.5. The van der Waals surface area contributed by atoms with Gasteiger partial charge in [0.1, 0.15) is 0 Å². The first-order valence-corrected chi connectivity index (χ1v) is 6.70. The molecule has 0 spiro atoms. The standard InChI is InChI=1S/C11H15ClN2OS/c12-10-4-3-8(16-10)5-7-14-11(15)9-2-1-6-13-9/h3-4,9,13H,1-2,5-7H2,(H,14,15). The van der Waals surface area contributed by atoms with Gasteiger partial charge in [0.25, 0.3) is 0 Å². The van der Waals surface area contributed by atoms with Crippen molar-refractivity contribution in [3.05, 3.63) is 21.3 Å². The third kappa shape index (κ3) is 3.20. The number of thiophene rings is 1. The lowest BCUT2D eigenvalue weighted by molar-refractivity contribution is -0.122. The highest BCUT2D eigenvalue weighted by Gasteiger charge is 2.21. The van der Waals surface area contributed by atoms with Gasteiger partial charge in [0, 0.05) is 11.4 Å². The molecule has 1 fully saturated rings. The summed E-state index contributed by atoms with van der Waals surface area (Å²) in [5.74, 6) is 0.125. The van der Waals surface area contributed by atoms with E-state index in [4.69, 9.17) is 11.6 Å². The SMILES string of the molecule is O=C(NCCc1ccc(Cl)s1)C1CCCN1. The van der Waals surface area contributed by atoms with Gasteiger partial charge in [0.05, 0.1) is 10.4 Å². The van der Waals surface area contributed by atoms with Gasteiger partial charge in [-0.3, -0.25) is 4.79 Å². The third-order valence-corrected chi connectivity index (χ3v) is 3.97. The molecule has 2 N–H and O–H groups in total. The van der Waals surface area contributed by atoms with Crippen molar-refractivity contribution in [2.45, 2.75) is 25.3 Å². The summed E-state index contributed by atoms with van der Waals surface area (Å²) in [6, 6.07) is 3.92. The van der Waals surface area contributed by atoms with E-state index >= 15 is 0 Å². The van der Waals surface area contributed by atoms with Gasteiger partial charge in [-0.1, -0.05) is 11.6 Å². The average Bonchev–Trinajstić information content (AvgIpc) is 2.89. The maximum atomic E-state index is 11.6. The number of nitrogens with one attached hydrogen (secondary N) is 2. The third-order valence-electron chi connectivity index (χ3n) is 2.68. The Kier molecular flexibility index (Phi) is 4.21. The second-order valence-corrected chi connectivity index (χ2v) is 5.70. The fourth-order valence-corrected chi connectivity index (χ4v) is 2.91. The summed E-state index contributed by atoms with van der Waals surface area (Å²) >= 11 is 7.40. The molecule has 0 aliphatic carbocycles. The zero-order valence-corrected chi connectivity index (χ0v) is 10.5. The molecule has 1 unspecified atom stereocenters. The molecule has 1 atom stereocenters. The molecule has 5 heteroatoms. The van der Waals surface area contributed by atoms with Crippen LogP contribution in [-0.2, 0) is 11.2 Å². The molecule has 1 aliphatic heterocycles. The zero-order chi connectivity index (χ0) is 11.4. The molecule has 1 saturated heterocycles. The average molecular weight is 259 g/mol. The minimum absolute atomic E-state index is 0.0203. The molecule has 1 aromatic heterocycles. The first-order chi connectivity index (χ1) is 7.75. The molecule has 3 nitrogen and oxygen atoms in total. The van der Waals surface area contributed by atoms with Crippen molar-refractivity contribution in [2.24, 2.45) is 0 Å². The molecule has 0 aromatic carbocycles. The van der Waals surface area contributed by atoms with E-state index in [9.17, 15) is 4.79 Å². The molecule has 1 aliphatic rings. The van der Waals surface area contributed by atoms with Crippen LogP contribution in [0.25, 0.3) is 0 Å². The predicted octanol–water partition coefficient (Wildman–Crippen LogP) is 1.81. The van der Waals surface area contributed by atoms with Crippen LogP contribution in [0, 0.1) is 0 Å². The summed E-state index contributed by atoms with van der Waals surface area (Å²) in [7, 11) is 0. The summed E-state index contributed by atoms with van der Waals surface area (Å²) < 4.78 is 0.804. The van der Waals surface area contributed by atoms with Crippen molar-refractivity contribution in [1.82, 2.24) is 10.6 Å². The zero-order valence-electron chi connectivity index (χ0n) is 8.96. The van der Waals surface area contributed by atoms with Gasteiger partial charge < -0.3 is 10.6 Å². The Morgan fingerprint density at radius 1 is 1.62 bits per heavy atom. The quantitative estimate of drug-likeness (QED) is 0.865. The van der Waals surface area contributed by atoms with Crippen molar-refractivity contribution < 1.29 is 4.79 Å². The normalized spacial score (nSPS) is 19.9. The number of carbonyl (C=O) groups is 1. The summed E-state index contributed by atoms with van der Waals surface area (Å²) in [5.41, 5.74) is 0. The first kappa shape index (κ1) is 11.9. The van der Waals surface area contributed by atoms with Crippen molar-refractivity contribution in [1.29, 1.82) is 0 Å². The largest absolute Gasteiger partial charge is 0.354 e. The van der Waals surface area contributed by atoms with Gasteiger partial charge in [-0.25, -0.2) is 0 Å². The molecule has 0 radical (unpaired) electrons. The number of halogens is 1. The van der Waals surface area contributed by atoms with Crippen molar-refractivity contribution in [3.63, 3.8) is 0 Å². The maximum Gasteiger partial charge on any atom is 0.237 e. The highest BCUT2D eigenvalue weighted by molar-refractivity contribution is 7.16. The first-order valence-electron chi connectivity index (χ1n) is 5.51. The van der Waals surface area contributed by atoms with E-state index in [2.05, 4.69) is 10.6 Å². The fraction of sp³-hybridized carbons (Fsp3) is 0.545. The topological polar surface area (TPSA) is 41.1 Å². The number of carbonyl (C=O) groups excluding carboxylic acids is 1. The Labute approximate surface area is 104 Å². The summed E-state index contributed by atoms with van der Waals surface area (Å²) in [6.45, 7) is 1.65. The summed E-state index contributed by atoms with van der Waals surface area (Å²) in [4.78, 5) is 12.9. The van der Waals surface area contributed by atoms with Crippen LogP contribution < -0.4 is 10.6 Å².